The number of benzene rings is 1. The van der Waals surface area contributed by atoms with Gasteiger partial charge in [-0.3, -0.25) is 9.59 Å². The van der Waals surface area contributed by atoms with Crippen LogP contribution in [0, 0.1) is 17.1 Å². The van der Waals surface area contributed by atoms with Crippen LogP contribution in [0.3, 0.4) is 0 Å². The third kappa shape index (κ3) is 4.78. The Kier molecular flexibility index (Phi) is 5.69. The number of nitrogens with zero attached hydrogens (tertiary/aromatic N) is 1. The Balaban J connectivity index is 1.81. The highest BCUT2D eigenvalue weighted by molar-refractivity contribution is 5.82. The molecule has 0 unspecified atom stereocenters. The summed E-state index contributed by atoms with van der Waals surface area (Å²) in [6, 6.07) is 8.06. The van der Waals surface area contributed by atoms with E-state index in [0.717, 1.165) is 19.3 Å². The topological polar surface area (TPSA) is 79.2 Å². The van der Waals surface area contributed by atoms with Gasteiger partial charge < -0.3 is 10.1 Å². The lowest BCUT2D eigenvalue weighted by atomic mass is 9.83. The van der Waals surface area contributed by atoms with E-state index in [1.807, 2.05) is 0 Å². The van der Waals surface area contributed by atoms with E-state index in [2.05, 4.69) is 11.4 Å². The van der Waals surface area contributed by atoms with Crippen molar-refractivity contribution in [3.63, 3.8) is 0 Å². The third-order valence-corrected chi connectivity index (χ3v) is 3.96. The van der Waals surface area contributed by atoms with E-state index in [0.29, 0.717) is 12.8 Å². The Hall–Kier alpha value is -2.42. The van der Waals surface area contributed by atoms with Gasteiger partial charge in [-0.05, 0) is 24.5 Å². The average molecular weight is 318 g/mol. The second kappa shape index (κ2) is 7.73. The normalized spacial score (nSPS) is 16.2. The van der Waals surface area contributed by atoms with Gasteiger partial charge in [-0.2, -0.15) is 5.26 Å². The van der Waals surface area contributed by atoms with Crippen molar-refractivity contribution in [3.8, 4) is 6.07 Å². The summed E-state index contributed by atoms with van der Waals surface area (Å²) in [6.07, 6.45) is 3.82. The monoisotopic (exact) mass is 318 g/mol. The zero-order valence-electron chi connectivity index (χ0n) is 12.8. The first-order chi connectivity index (χ1) is 11.0. The fraction of sp³-hybridized carbons (Fsp3) is 0.471. The van der Waals surface area contributed by atoms with Crippen molar-refractivity contribution in [2.24, 2.45) is 0 Å². The highest BCUT2D eigenvalue weighted by atomic mass is 19.1. The van der Waals surface area contributed by atoms with E-state index < -0.39 is 29.8 Å². The minimum absolute atomic E-state index is 0.221. The second-order valence-electron chi connectivity index (χ2n) is 5.73. The van der Waals surface area contributed by atoms with Crippen molar-refractivity contribution in [2.45, 2.75) is 44.1 Å². The first-order valence-corrected chi connectivity index (χ1v) is 7.66. The molecule has 1 amide bonds. The van der Waals surface area contributed by atoms with Gasteiger partial charge in [-0.25, -0.2) is 4.39 Å². The number of halogens is 1. The van der Waals surface area contributed by atoms with Gasteiger partial charge in [0, 0.05) is 0 Å². The summed E-state index contributed by atoms with van der Waals surface area (Å²) in [4.78, 5) is 23.6. The number of amides is 1. The molecule has 122 valence electrons. The van der Waals surface area contributed by atoms with Gasteiger partial charge in [0.25, 0.3) is 5.91 Å². The molecule has 0 aromatic heterocycles. The van der Waals surface area contributed by atoms with Gasteiger partial charge in [0.15, 0.2) is 6.61 Å². The molecule has 1 saturated carbocycles. The highest BCUT2D eigenvalue weighted by Crippen LogP contribution is 2.27. The number of hydrogen-bond donors (Lipinski definition) is 1. The molecule has 1 aliphatic rings. The largest absolute Gasteiger partial charge is 0.455 e. The van der Waals surface area contributed by atoms with Crippen LogP contribution < -0.4 is 5.32 Å². The maximum absolute atomic E-state index is 13.4. The van der Waals surface area contributed by atoms with E-state index in [-0.39, 0.29) is 12.0 Å². The molecule has 23 heavy (non-hydrogen) atoms. The first-order valence-electron chi connectivity index (χ1n) is 7.66. The van der Waals surface area contributed by atoms with Gasteiger partial charge in [0.2, 0.25) is 0 Å². The first kappa shape index (κ1) is 16.9. The minimum atomic E-state index is -0.854. The summed E-state index contributed by atoms with van der Waals surface area (Å²) in [7, 11) is 0. The molecule has 1 N–H and O–H groups in total. The Labute approximate surface area is 134 Å². The number of nitriles is 1. The summed E-state index contributed by atoms with van der Waals surface area (Å²) in [5, 5.41) is 11.9. The molecule has 0 saturated heterocycles. The van der Waals surface area contributed by atoms with E-state index in [1.165, 1.54) is 18.2 Å². The number of ether oxygens (including phenoxy) is 1. The molecule has 1 fully saturated rings. The fourth-order valence-electron chi connectivity index (χ4n) is 2.72. The van der Waals surface area contributed by atoms with Crippen molar-refractivity contribution in [1.29, 1.82) is 5.26 Å². The number of hydrogen-bond acceptors (Lipinski definition) is 4. The van der Waals surface area contributed by atoms with E-state index in [1.54, 1.807) is 6.07 Å². The van der Waals surface area contributed by atoms with E-state index in [9.17, 15) is 19.2 Å². The predicted octanol–water partition coefficient (Wildman–Crippen LogP) is 2.25. The van der Waals surface area contributed by atoms with Crippen LogP contribution in [0.1, 0.15) is 37.7 Å². The summed E-state index contributed by atoms with van der Waals surface area (Å²) in [6.45, 7) is -0.462. The van der Waals surface area contributed by atoms with Crippen LogP contribution in [0.4, 0.5) is 4.39 Å². The van der Waals surface area contributed by atoms with Crippen LogP contribution in [0.25, 0.3) is 0 Å². The Morgan fingerprint density at radius 3 is 2.61 bits per heavy atom. The lowest BCUT2D eigenvalue weighted by Gasteiger charge is -2.31. The number of carbonyl (C=O) groups is 2. The van der Waals surface area contributed by atoms with Crippen molar-refractivity contribution in [3.05, 3.63) is 35.6 Å². The zero-order valence-corrected chi connectivity index (χ0v) is 12.8. The van der Waals surface area contributed by atoms with E-state index in [4.69, 9.17) is 4.74 Å². The maximum atomic E-state index is 13.4. The molecule has 0 radical (unpaired) electrons. The van der Waals surface area contributed by atoms with Crippen molar-refractivity contribution >= 4 is 11.9 Å². The van der Waals surface area contributed by atoms with Gasteiger partial charge in [-0.1, -0.05) is 37.5 Å². The molecule has 0 atom stereocenters. The minimum Gasteiger partial charge on any atom is -0.455 e. The average Bonchev–Trinajstić information content (AvgIpc) is 2.56. The molecular weight excluding hydrogens is 299 g/mol. The summed E-state index contributed by atoms with van der Waals surface area (Å²) >= 11 is 0. The van der Waals surface area contributed by atoms with Crippen molar-refractivity contribution < 1.29 is 18.7 Å². The van der Waals surface area contributed by atoms with E-state index >= 15 is 0 Å². The second-order valence-corrected chi connectivity index (χ2v) is 5.73. The fourth-order valence-corrected chi connectivity index (χ4v) is 2.72. The van der Waals surface area contributed by atoms with Crippen LogP contribution in [-0.4, -0.2) is 24.0 Å². The van der Waals surface area contributed by atoms with Gasteiger partial charge in [0.05, 0.1) is 12.5 Å². The summed E-state index contributed by atoms with van der Waals surface area (Å²) in [5.41, 5.74) is -0.633. The van der Waals surface area contributed by atoms with Crippen LogP contribution in [0.15, 0.2) is 24.3 Å². The van der Waals surface area contributed by atoms with Gasteiger partial charge >= 0.3 is 5.97 Å². The smallest absolute Gasteiger partial charge is 0.310 e. The number of nitrogens with one attached hydrogen (secondary N) is 1. The molecule has 0 spiro atoms. The van der Waals surface area contributed by atoms with Crippen molar-refractivity contribution in [2.75, 3.05) is 6.61 Å². The molecule has 2 rings (SSSR count). The standard InChI is InChI=1S/C17H19FN2O3/c18-14-7-3-2-6-13(14)10-16(22)23-11-15(21)20-17(12-19)8-4-1-5-9-17/h2-3,6-7H,1,4-5,8-11H2,(H,20,21). The summed E-state index contributed by atoms with van der Waals surface area (Å²) in [5.74, 6) is -1.67. The number of esters is 1. The lowest BCUT2D eigenvalue weighted by molar-refractivity contribution is -0.148. The van der Waals surface area contributed by atoms with Crippen LogP contribution >= 0.6 is 0 Å². The molecule has 5 nitrogen and oxygen atoms in total. The molecule has 1 aromatic carbocycles. The Bertz CT molecular complexity index is 619. The molecule has 0 heterocycles. The Morgan fingerprint density at radius 2 is 1.96 bits per heavy atom. The number of rotatable bonds is 5. The van der Waals surface area contributed by atoms with Crippen molar-refractivity contribution in [1.82, 2.24) is 5.32 Å². The quantitative estimate of drug-likeness (QED) is 0.845. The lowest BCUT2D eigenvalue weighted by Crippen LogP contribution is -2.50. The third-order valence-electron chi connectivity index (χ3n) is 3.96. The van der Waals surface area contributed by atoms with Crippen LogP contribution in [-0.2, 0) is 20.7 Å². The highest BCUT2D eigenvalue weighted by Gasteiger charge is 2.33. The maximum Gasteiger partial charge on any atom is 0.310 e. The molecular formula is C17H19FN2O3. The van der Waals surface area contributed by atoms with Crippen LogP contribution in [0.5, 0.6) is 0 Å². The zero-order chi connectivity index (χ0) is 16.7. The molecule has 1 aliphatic carbocycles. The van der Waals surface area contributed by atoms with Gasteiger partial charge in [0.1, 0.15) is 11.4 Å². The van der Waals surface area contributed by atoms with Crippen LogP contribution in [0.2, 0.25) is 0 Å². The molecule has 0 aliphatic heterocycles. The summed E-state index contributed by atoms with van der Waals surface area (Å²) < 4.78 is 18.3. The molecule has 0 bridgehead atoms. The SMILES string of the molecule is N#CC1(NC(=O)COC(=O)Cc2ccccc2F)CCCCC1. The molecule has 6 heteroatoms. The predicted molar refractivity (Wildman–Crippen MR) is 80.6 cm³/mol. The Morgan fingerprint density at radius 1 is 1.26 bits per heavy atom. The molecule has 1 aromatic rings. The number of carbonyl (C=O) groups excluding carboxylic acids is 2. The van der Waals surface area contributed by atoms with Gasteiger partial charge in [-0.15, -0.1) is 0 Å².